The van der Waals surface area contributed by atoms with Crippen LogP contribution in [0.3, 0.4) is 0 Å². The Morgan fingerprint density at radius 3 is 2.31 bits per heavy atom. The fourth-order valence-corrected chi connectivity index (χ4v) is 4.25. The molecule has 0 spiro atoms. The lowest BCUT2D eigenvalue weighted by Crippen LogP contribution is -2.46. The van der Waals surface area contributed by atoms with Gasteiger partial charge in [0.1, 0.15) is 17.2 Å². The van der Waals surface area contributed by atoms with Gasteiger partial charge in [-0.2, -0.15) is 0 Å². The summed E-state index contributed by atoms with van der Waals surface area (Å²) >= 11 is 0. The fourth-order valence-electron chi connectivity index (χ4n) is 4.25. The lowest BCUT2D eigenvalue weighted by Gasteiger charge is -2.27. The zero-order chi connectivity index (χ0) is 22.1. The van der Waals surface area contributed by atoms with Crippen molar-refractivity contribution in [3.05, 3.63) is 83.9 Å². The molecule has 5 rings (SSSR count). The number of aryl methyl sites for hydroxylation is 1. The minimum absolute atomic E-state index is 0.0722. The van der Waals surface area contributed by atoms with Crippen molar-refractivity contribution < 1.29 is 13.6 Å². The van der Waals surface area contributed by atoms with E-state index in [0.29, 0.717) is 5.56 Å². The second-order valence-electron chi connectivity index (χ2n) is 8.13. The molecule has 3 aromatic carbocycles. The van der Waals surface area contributed by atoms with E-state index in [1.54, 1.807) is 12.1 Å². The Morgan fingerprint density at radius 2 is 1.62 bits per heavy atom. The first kappa shape index (κ1) is 20.5. The summed E-state index contributed by atoms with van der Waals surface area (Å²) in [5.74, 6) is 0.722. The van der Waals surface area contributed by atoms with Gasteiger partial charge in [-0.15, -0.1) is 0 Å². The van der Waals surface area contributed by atoms with Gasteiger partial charge in [0, 0.05) is 49.1 Å². The number of hydrogen-bond donors (Lipinski definition) is 1. The molecule has 32 heavy (non-hydrogen) atoms. The zero-order valence-electron chi connectivity index (χ0n) is 18.0. The van der Waals surface area contributed by atoms with Gasteiger partial charge in [0.2, 0.25) is 0 Å². The molecule has 1 aliphatic heterocycles. The average Bonchev–Trinajstić information content (AvgIpc) is 3.28. The summed E-state index contributed by atoms with van der Waals surface area (Å²) in [6.07, 6.45) is 0.801. The minimum atomic E-state index is -0.264. The van der Waals surface area contributed by atoms with E-state index >= 15 is 0 Å². The summed E-state index contributed by atoms with van der Waals surface area (Å²) in [4.78, 5) is 14.7. The van der Waals surface area contributed by atoms with Gasteiger partial charge in [-0.3, -0.25) is 4.79 Å². The zero-order valence-corrected chi connectivity index (χ0v) is 18.0. The number of nitrogens with one attached hydrogen (secondary N) is 1. The van der Waals surface area contributed by atoms with Crippen molar-refractivity contribution in [3.63, 3.8) is 0 Å². The highest BCUT2D eigenvalue weighted by Crippen LogP contribution is 2.36. The van der Waals surface area contributed by atoms with Crippen LogP contribution in [0.25, 0.3) is 33.2 Å². The van der Waals surface area contributed by atoms with Crippen molar-refractivity contribution in [2.45, 2.75) is 13.3 Å². The number of halogens is 1. The van der Waals surface area contributed by atoms with Gasteiger partial charge in [-0.25, -0.2) is 4.39 Å². The first-order valence-electron chi connectivity index (χ1n) is 11.0. The Labute approximate surface area is 186 Å². The van der Waals surface area contributed by atoms with E-state index < -0.39 is 0 Å². The van der Waals surface area contributed by atoms with Crippen molar-refractivity contribution in [1.29, 1.82) is 0 Å². The fraction of sp³-hybridized carbons (Fsp3) is 0.222. The second kappa shape index (κ2) is 8.60. The Morgan fingerprint density at radius 1 is 0.938 bits per heavy atom. The molecular weight excluding hydrogens is 403 g/mol. The van der Waals surface area contributed by atoms with E-state index in [-0.39, 0.29) is 11.7 Å². The minimum Gasteiger partial charge on any atom is -0.460 e. The van der Waals surface area contributed by atoms with Crippen LogP contribution in [0.4, 0.5) is 4.39 Å². The quantitative estimate of drug-likeness (QED) is 0.466. The Kier molecular flexibility index (Phi) is 5.50. The molecule has 162 valence electrons. The molecule has 2 heterocycles. The number of furan rings is 1. The molecule has 1 aliphatic rings. The van der Waals surface area contributed by atoms with Gasteiger partial charge >= 0.3 is 0 Å². The van der Waals surface area contributed by atoms with Gasteiger partial charge in [0.15, 0.2) is 0 Å². The van der Waals surface area contributed by atoms with Crippen LogP contribution in [0.5, 0.6) is 0 Å². The molecule has 1 aromatic heterocycles. The lowest BCUT2D eigenvalue weighted by molar-refractivity contribution is 0.0736. The maximum atomic E-state index is 13.5. The van der Waals surface area contributed by atoms with E-state index in [0.717, 1.165) is 71.6 Å². The summed E-state index contributed by atoms with van der Waals surface area (Å²) in [5.41, 5.74) is 5.39. The second-order valence-corrected chi connectivity index (χ2v) is 8.13. The summed E-state index contributed by atoms with van der Waals surface area (Å²) in [5, 5.41) is 4.29. The normalized spacial score (nSPS) is 14.1. The third kappa shape index (κ3) is 3.92. The molecule has 0 saturated carbocycles. The molecule has 1 amide bonds. The van der Waals surface area contributed by atoms with Crippen LogP contribution in [0, 0.1) is 5.82 Å². The third-order valence-electron chi connectivity index (χ3n) is 6.04. The monoisotopic (exact) mass is 428 g/mol. The lowest BCUT2D eigenvalue weighted by atomic mass is 9.96. The molecule has 4 aromatic rings. The van der Waals surface area contributed by atoms with Crippen LogP contribution in [0.2, 0.25) is 0 Å². The number of hydrogen-bond acceptors (Lipinski definition) is 3. The number of piperazine rings is 1. The van der Waals surface area contributed by atoms with E-state index in [1.807, 2.05) is 29.2 Å². The number of benzene rings is 3. The van der Waals surface area contributed by atoms with Crippen LogP contribution in [-0.2, 0) is 6.42 Å². The van der Waals surface area contributed by atoms with Gasteiger partial charge in [0.25, 0.3) is 5.91 Å². The van der Waals surface area contributed by atoms with E-state index in [1.165, 1.54) is 12.1 Å². The molecule has 1 N–H and O–H groups in total. The average molecular weight is 429 g/mol. The third-order valence-corrected chi connectivity index (χ3v) is 6.04. The standard InChI is InChI=1S/C27H25FN2O2/c1-2-24-16-22-15-21(17-25(26(22)32-24)19-7-9-23(28)10-8-19)18-3-5-20(6-4-18)27(31)30-13-11-29-12-14-30/h3-10,15-17,29H,2,11-14H2,1H3. The van der Waals surface area contributed by atoms with Crippen LogP contribution in [-0.4, -0.2) is 37.0 Å². The van der Waals surface area contributed by atoms with Crippen molar-refractivity contribution >= 4 is 16.9 Å². The molecule has 0 unspecified atom stereocenters. The highest BCUT2D eigenvalue weighted by molar-refractivity contribution is 5.98. The summed E-state index contributed by atoms with van der Waals surface area (Å²) in [6, 6.07) is 20.5. The first-order chi connectivity index (χ1) is 15.6. The molecule has 0 radical (unpaired) electrons. The molecule has 0 atom stereocenters. The number of fused-ring (bicyclic) bond motifs is 1. The van der Waals surface area contributed by atoms with Gasteiger partial charge in [0.05, 0.1) is 0 Å². The van der Waals surface area contributed by atoms with Gasteiger partial charge in [-0.05, 0) is 59.2 Å². The smallest absolute Gasteiger partial charge is 0.253 e. The van der Waals surface area contributed by atoms with Crippen molar-refractivity contribution in [3.8, 4) is 22.3 Å². The van der Waals surface area contributed by atoms with Crippen LogP contribution < -0.4 is 5.32 Å². The molecule has 1 saturated heterocycles. The highest BCUT2D eigenvalue weighted by Gasteiger charge is 2.18. The van der Waals surface area contributed by atoms with Crippen molar-refractivity contribution in [2.75, 3.05) is 26.2 Å². The number of amides is 1. The Hall–Kier alpha value is -3.44. The molecule has 4 nitrogen and oxygen atoms in total. The maximum absolute atomic E-state index is 13.5. The number of carbonyl (C=O) groups is 1. The van der Waals surface area contributed by atoms with Gasteiger partial charge in [-0.1, -0.05) is 31.2 Å². The van der Waals surface area contributed by atoms with E-state index in [2.05, 4.69) is 30.4 Å². The highest BCUT2D eigenvalue weighted by atomic mass is 19.1. The Balaban J connectivity index is 1.53. The molecule has 1 fully saturated rings. The summed E-state index contributed by atoms with van der Waals surface area (Å²) in [7, 11) is 0. The molecule has 0 bridgehead atoms. The summed E-state index contributed by atoms with van der Waals surface area (Å²) < 4.78 is 19.6. The number of nitrogens with zero attached hydrogens (tertiary/aromatic N) is 1. The van der Waals surface area contributed by atoms with Gasteiger partial charge < -0.3 is 14.6 Å². The van der Waals surface area contributed by atoms with Crippen LogP contribution >= 0.6 is 0 Å². The van der Waals surface area contributed by atoms with E-state index in [9.17, 15) is 9.18 Å². The molecule has 0 aliphatic carbocycles. The SMILES string of the molecule is CCc1cc2cc(-c3ccc(C(=O)N4CCNCC4)cc3)cc(-c3ccc(F)cc3)c2o1. The van der Waals surface area contributed by atoms with E-state index in [4.69, 9.17) is 4.42 Å². The largest absolute Gasteiger partial charge is 0.460 e. The topological polar surface area (TPSA) is 45.5 Å². The predicted molar refractivity (Wildman–Crippen MR) is 125 cm³/mol. The van der Waals surface area contributed by atoms with Crippen LogP contribution in [0.15, 0.2) is 71.1 Å². The molecule has 5 heteroatoms. The molecular formula is C27H25FN2O2. The number of rotatable bonds is 4. The number of carbonyl (C=O) groups excluding carboxylic acids is 1. The maximum Gasteiger partial charge on any atom is 0.253 e. The van der Waals surface area contributed by atoms with Crippen molar-refractivity contribution in [1.82, 2.24) is 10.2 Å². The first-order valence-corrected chi connectivity index (χ1v) is 11.0. The predicted octanol–water partition coefficient (Wildman–Crippen LogP) is 5.51. The Bertz CT molecular complexity index is 1250. The summed E-state index contributed by atoms with van der Waals surface area (Å²) in [6.45, 7) is 5.20. The van der Waals surface area contributed by atoms with Crippen molar-refractivity contribution in [2.24, 2.45) is 0 Å². The van der Waals surface area contributed by atoms with Crippen LogP contribution in [0.1, 0.15) is 23.0 Å².